The van der Waals surface area contributed by atoms with Crippen LogP contribution in [0.15, 0.2) is 0 Å². The van der Waals surface area contributed by atoms with Crippen molar-refractivity contribution in [1.82, 2.24) is 15.0 Å². The van der Waals surface area contributed by atoms with Gasteiger partial charge in [0.1, 0.15) is 4.33 Å². The number of nitrogens with zero attached hydrogens (tertiary/aromatic N) is 3. The number of nitrogens with two attached hydrogens (primary N) is 2. The van der Waals surface area contributed by atoms with Crippen molar-refractivity contribution in [3.05, 3.63) is 5.82 Å². The van der Waals surface area contributed by atoms with Gasteiger partial charge in [0, 0.05) is 0 Å². The van der Waals surface area contributed by atoms with E-state index >= 15 is 0 Å². The summed E-state index contributed by atoms with van der Waals surface area (Å²) in [5.41, 5.74) is 10.7. The Morgan fingerprint density at radius 1 is 1.35 bits per heavy atom. The van der Waals surface area contributed by atoms with E-state index in [2.05, 4.69) is 15.0 Å². The Morgan fingerprint density at radius 3 is 2.35 bits per heavy atom. The van der Waals surface area contributed by atoms with Gasteiger partial charge in [-0.3, -0.25) is 4.79 Å². The van der Waals surface area contributed by atoms with Crippen molar-refractivity contribution in [1.29, 1.82) is 0 Å². The zero-order valence-electron chi connectivity index (χ0n) is 8.56. The molecule has 1 aliphatic rings. The third-order valence-electron chi connectivity index (χ3n) is 2.17. The fourth-order valence-corrected chi connectivity index (χ4v) is 1.71. The average molecular weight is 278 g/mol. The maximum atomic E-state index is 11.4. The van der Waals surface area contributed by atoms with Gasteiger partial charge in [0.05, 0.1) is 5.92 Å². The second-order valence-electron chi connectivity index (χ2n) is 3.59. The minimum atomic E-state index is -1.01. The summed E-state index contributed by atoms with van der Waals surface area (Å²) in [6, 6.07) is 0. The first-order valence-corrected chi connectivity index (χ1v) is 5.44. The normalized spacial score (nSPS) is 20.9. The quantitative estimate of drug-likeness (QED) is 0.602. The predicted molar refractivity (Wildman–Crippen MR) is 61.0 cm³/mol. The summed E-state index contributed by atoms with van der Waals surface area (Å²) in [4.78, 5) is 22.5. The minimum Gasteiger partial charge on any atom is -0.457 e. The third kappa shape index (κ3) is 2.86. The van der Waals surface area contributed by atoms with Crippen LogP contribution in [-0.2, 0) is 16.1 Å². The predicted octanol–water partition coefficient (Wildman–Crippen LogP) is 0.273. The van der Waals surface area contributed by atoms with E-state index in [1.165, 1.54) is 0 Å². The van der Waals surface area contributed by atoms with Crippen LogP contribution in [0, 0.1) is 5.92 Å². The molecular formula is C8H9Cl2N5O2. The van der Waals surface area contributed by atoms with E-state index in [4.69, 9.17) is 39.4 Å². The average Bonchev–Trinajstić information content (AvgIpc) is 2.83. The van der Waals surface area contributed by atoms with E-state index < -0.39 is 16.2 Å². The van der Waals surface area contributed by atoms with Crippen LogP contribution in [-0.4, -0.2) is 25.3 Å². The Kier molecular flexibility index (Phi) is 2.96. The molecule has 1 aromatic heterocycles. The Bertz CT molecular complexity index is 447. The Labute approximate surface area is 106 Å². The van der Waals surface area contributed by atoms with Gasteiger partial charge < -0.3 is 16.2 Å². The number of alkyl halides is 2. The molecule has 7 nitrogen and oxygen atoms in total. The van der Waals surface area contributed by atoms with Crippen LogP contribution in [0.4, 0.5) is 11.9 Å². The summed E-state index contributed by atoms with van der Waals surface area (Å²) in [6.07, 6.45) is 0.385. The summed E-state index contributed by atoms with van der Waals surface area (Å²) in [5.74, 6) is -0.869. The summed E-state index contributed by atoms with van der Waals surface area (Å²) < 4.78 is 3.92. The number of esters is 1. The van der Waals surface area contributed by atoms with Gasteiger partial charge in [-0.25, -0.2) is 0 Å². The van der Waals surface area contributed by atoms with E-state index in [0.29, 0.717) is 6.42 Å². The molecule has 0 bridgehead atoms. The van der Waals surface area contributed by atoms with Crippen molar-refractivity contribution in [3.63, 3.8) is 0 Å². The molecule has 0 aliphatic heterocycles. The number of halogens is 2. The summed E-state index contributed by atoms with van der Waals surface area (Å²) in [7, 11) is 0. The number of carbonyl (C=O) groups is 1. The highest BCUT2D eigenvalue weighted by Crippen LogP contribution is 2.53. The number of rotatable bonds is 3. The molecule has 0 spiro atoms. The zero-order chi connectivity index (χ0) is 12.6. The second kappa shape index (κ2) is 4.15. The molecule has 0 aromatic carbocycles. The Morgan fingerprint density at radius 2 is 1.88 bits per heavy atom. The molecule has 17 heavy (non-hydrogen) atoms. The zero-order valence-corrected chi connectivity index (χ0v) is 10.1. The lowest BCUT2D eigenvalue weighted by molar-refractivity contribution is -0.146. The SMILES string of the molecule is Nc1nc(N)nc(COC(=O)C2CC2(Cl)Cl)n1. The van der Waals surface area contributed by atoms with Crippen molar-refractivity contribution in [3.8, 4) is 0 Å². The van der Waals surface area contributed by atoms with E-state index in [1.807, 2.05) is 0 Å². The number of carbonyl (C=O) groups excluding carboxylic acids is 1. The molecular weight excluding hydrogens is 269 g/mol. The van der Waals surface area contributed by atoms with Crippen molar-refractivity contribution in [2.45, 2.75) is 17.4 Å². The minimum absolute atomic E-state index is 0.0287. The number of hydrogen-bond acceptors (Lipinski definition) is 7. The van der Waals surface area contributed by atoms with Gasteiger partial charge in [-0.2, -0.15) is 15.0 Å². The Hall–Kier alpha value is -1.34. The van der Waals surface area contributed by atoms with Gasteiger partial charge in [0.15, 0.2) is 12.4 Å². The van der Waals surface area contributed by atoms with Gasteiger partial charge in [-0.15, -0.1) is 23.2 Å². The number of ether oxygens (including phenoxy) is 1. The van der Waals surface area contributed by atoms with Crippen LogP contribution < -0.4 is 11.5 Å². The first kappa shape index (κ1) is 12.1. The fourth-order valence-electron chi connectivity index (χ4n) is 1.23. The molecule has 1 atom stereocenters. The van der Waals surface area contributed by atoms with E-state index in [-0.39, 0.29) is 24.3 Å². The molecule has 1 aliphatic carbocycles. The maximum absolute atomic E-state index is 11.4. The van der Waals surface area contributed by atoms with Gasteiger partial charge in [-0.1, -0.05) is 0 Å². The van der Waals surface area contributed by atoms with Gasteiger partial charge in [0.2, 0.25) is 11.9 Å². The van der Waals surface area contributed by atoms with Crippen LogP contribution in [0.1, 0.15) is 12.2 Å². The number of anilines is 2. The van der Waals surface area contributed by atoms with E-state index in [1.54, 1.807) is 0 Å². The number of aromatic nitrogens is 3. The van der Waals surface area contributed by atoms with Crippen LogP contribution in [0.5, 0.6) is 0 Å². The highest BCUT2D eigenvalue weighted by Gasteiger charge is 2.57. The maximum Gasteiger partial charge on any atom is 0.312 e. The summed E-state index contributed by atoms with van der Waals surface area (Å²) >= 11 is 11.4. The monoisotopic (exact) mass is 277 g/mol. The van der Waals surface area contributed by atoms with Crippen LogP contribution in [0.3, 0.4) is 0 Å². The number of nitrogen functional groups attached to an aromatic ring is 2. The van der Waals surface area contributed by atoms with Gasteiger partial charge in [0.25, 0.3) is 0 Å². The molecule has 2 rings (SSSR count). The lowest BCUT2D eigenvalue weighted by Gasteiger charge is -2.04. The van der Waals surface area contributed by atoms with Crippen molar-refractivity contribution in [2.24, 2.45) is 5.92 Å². The van der Waals surface area contributed by atoms with E-state index in [9.17, 15) is 4.79 Å². The highest BCUT2D eigenvalue weighted by molar-refractivity contribution is 6.52. The molecule has 0 saturated heterocycles. The Balaban J connectivity index is 1.92. The lowest BCUT2D eigenvalue weighted by Crippen LogP contribution is -2.13. The summed E-state index contributed by atoms with van der Waals surface area (Å²) in [5, 5.41) is 0. The molecule has 1 unspecified atom stereocenters. The molecule has 9 heteroatoms. The van der Waals surface area contributed by atoms with Crippen molar-refractivity contribution in [2.75, 3.05) is 11.5 Å². The molecule has 1 saturated carbocycles. The molecule has 0 radical (unpaired) electrons. The third-order valence-corrected chi connectivity index (χ3v) is 3.01. The topological polar surface area (TPSA) is 117 Å². The standard InChI is InChI=1S/C8H9Cl2N5O2/c9-8(10)1-3(8)5(16)17-2-4-13-6(11)15-7(12)14-4/h3H,1-2H2,(H4,11,12,13,14,15). The first-order chi connectivity index (χ1) is 7.88. The summed E-state index contributed by atoms with van der Waals surface area (Å²) in [6.45, 7) is -0.143. The van der Waals surface area contributed by atoms with Crippen LogP contribution in [0.2, 0.25) is 0 Å². The molecule has 0 amide bonds. The lowest BCUT2D eigenvalue weighted by atomic mass is 10.4. The van der Waals surface area contributed by atoms with Crippen LogP contribution in [0.25, 0.3) is 0 Å². The molecule has 4 N–H and O–H groups in total. The molecule has 1 fully saturated rings. The van der Waals surface area contributed by atoms with Crippen LogP contribution >= 0.6 is 23.2 Å². The fraction of sp³-hybridized carbons (Fsp3) is 0.500. The van der Waals surface area contributed by atoms with Gasteiger partial charge in [-0.05, 0) is 6.42 Å². The van der Waals surface area contributed by atoms with Gasteiger partial charge >= 0.3 is 5.97 Å². The first-order valence-electron chi connectivity index (χ1n) is 4.69. The van der Waals surface area contributed by atoms with Crippen molar-refractivity contribution >= 4 is 41.1 Å². The molecule has 1 aromatic rings. The highest BCUT2D eigenvalue weighted by atomic mass is 35.5. The smallest absolute Gasteiger partial charge is 0.312 e. The second-order valence-corrected chi connectivity index (χ2v) is 5.14. The van der Waals surface area contributed by atoms with E-state index in [0.717, 1.165) is 0 Å². The molecule has 92 valence electrons. The largest absolute Gasteiger partial charge is 0.457 e. The van der Waals surface area contributed by atoms with Crippen molar-refractivity contribution < 1.29 is 9.53 Å². The molecule has 1 heterocycles. The number of hydrogen-bond donors (Lipinski definition) is 2.